The van der Waals surface area contributed by atoms with Crippen LogP contribution in [0.15, 0.2) is 24.3 Å². The average Bonchev–Trinajstić information content (AvgIpc) is 3.20. The van der Waals surface area contributed by atoms with Crippen molar-refractivity contribution in [3.05, 3.63) is 46.1 Å². The summed E-state index contributed by atoms with van der Waals surface area (Å²) in [5, 5.41) is 5.04. The molecule has 2 saturated heterocycles. The lowest BCUT2D eigenvalue weighted by Gasteiger charge is -2.33. The molecule has 0 bridgehead atoms. The zero-order valence-electron chi connectivity index (χ0n) is 23.6. The maximum Gasteiger partial charge on any atom is 0.139 e. The third-order valence-corrected chi connectivity index (χ3v) is 9.18. The Labute approximate surface area is 232 Å². The Bertz CT molecular complexity index is 1180. The summed E-state index contributed by atoms with van der Waals surface area (Å²) < 4.78 is 6.03. The molecule has 2 aliphatic rings. The molecule has 2 aliphatic heterocycles. The standard InChI is InChI=1S/C30H44N6OS/c1-5-6-27-32-29(28-22(2)23(3)38-30(28)33-27)31-25-11-13-36(14-12-25)21-24-7-9-26(10-8-24)37-20-19-35-17-15-34(4)16-18-35/h7-10,25H,5-6,11-21H2,1-4H3,(H,31,32,33). The Morgan fingerprint density at radius 2 is 1.71 bits per heavy atom. The fourth-order valence-corrected chi connectivity index (χ4v) is 6.52. The first-order valence-corrected chi connectivity index (χ1v) is 15.2. The van der Waals surface area contributed by atoms with Crippen LogP contribution in [0.2, 0.25) is 0 Å². The van der Waals surface area contributed by atoms with Gasteiger partial charge in [-0.1, -0.05) is 19.1 Å². The van der Waals surface area contributed by atoms with E-state index in [4.69, 9.17) is 14.7 Å². The molecule has 206 valence electrons. The lowest BCUT2D eigenvalue weighted by Crippen LogP contribution is -2.45. The Kier molecular flexibility index (Phi) is 9.15. The summed E-state index contributed by atoms with van der Waals surface area (Å²) >= 11 is 1.80. The normalized spacial score (nSPS) is 18.3. The van der Waals surface area contributed by atoms with Gasteiger partial charge in [-0.2, -0.15) is 0 Å². The Morgan fingerprint density at radius 3 is 2.42 bits per heavy atom. The van der Waals surface area contributed by atoms with E-state index in [9.17, 15) is 0 Å². The van der Waals surface area contributed by atoms with Crippen LogP contribution >= 0.6 is 11.3 Å². The zero-order chi connectivity index (χ0) is 26.5. The summed E-state index contributed by atoms with van der Waals surface area (Å²) in [6.45, 7) is 16.1. The second kappa shape index (κ2) is 12.7. The van der Waals surface area contributed by atoms with Crippen molar-refractivity contribution in [2.75, 3.05) is 64.8 Å². The summed E-state index contributed by atoms with van der Waals surface area (Å²) in [7, 11) is 2.20. The number of nitrogens with one attached hydrogen (secondary N) is 1. The second-order valence-corrected chi connectivity index (χ2v) is 12.2. The molecule has 2 fully saturated rings. The van der Waals surface area contributed by atoms with Crippen molar-refractivity contribution in [2.24, 2.45) is 0 Å². The smallest absolute Gasteiger partial charge is 0.139 e. The third kappa shape index (κ3) is 6.84. The maximum absolute atomic E-state index is 6.03. The van der Waals surface area contributed by atoms with Crippen LogP contribution < -0.4 is 10.1 Å². The molecule has 1 aromatic carbocycles. The van der Waals surface area contributed by atoms with Gasteiger partial charge in [0.15, 0.2) is 0 Å². The highest BCUT2D eigenvalue weighted by Crippen LogP contribution is 2.34. The topological polar surface area (TPSA) is 56.8 Å². The highest BCUT2D eigenvalue weighted by molar-refractivity contribution is 7.18. The molecule has 8 heteroatoms. The molecular formula is C30H44N6OS. The number of piperidine rings is 1. The Hall–Kier alpha value is -2.26. The first-order chi connectivity index (χ1) is 18.5. The van der Waals surface area contributed by atoms with Gasteiger partial charge >= 0.3 is 0 Å². The predicted octanol–water partition coefficient (Wildman–Crippen LogP) is 4.96. The summed E-state index contributed by atoms with van der Waals surface area (Å²) in [6, 6.07) is 9.17. The molecule has 0 amide bonds. The van der Waals surface area contributed by atoms with Gasteiger partial charge in [0, 0.05) is 69.7 Å². The van der Waals surface area contributed by atoms with Crippen molar-refractivity contribution in [3.63, 3.8) is 0 Å². The number of likely N-dealkylation sites (tertiary alicyclic amines) is 1. The number of hydrogen-bond donors (Lipinski definition) is 1. The van der Waals surface area contributed by atoms with Crippen molar-refractivity contribution in [2.45, 2.75) is 59.0 Å². The number of likely N-dealkylation sites (N-methyl/N-ethyl adjacent to an activating group) is 1. The third-order valence-electron chi connectivity index (χ3n) is 8.08. The van der Waals surface area contributed by atoms with Gasteiger partial charge in [0.1, 0.15) is 28.8 Å². The molecule has 0 saturated carbocycles. The summed E-state index contributed by atoms with van der Waals surface area (Å²) in [4.78, 5) is 19.7. The molecule has 38 heavy (non-hydrogen) atoms. The van der Waals surface area contributed by atoms with Crippen molar-refractivity contribution < 1.29 is 4.74 Å². The van der Waals surface area contributed by atoms with Gasteiger partial charge in [-0.3, -0.25) is 9.80 Å². The fourth-order valence-electron chi connectivity index (χ4n) is 5.48. The number of thiophene rings is 1. The number of ether oxygens (including phenoxy) is 1. The van der Waals surface area contributed by atoms with Crippen molar-refractivity contribution in [1.82, 2.24) is 24.7 Å². The number of piperazine rings is 1. The van der Waals surface area contributed by atoms with Crippen LogP contribution in [0.25, 0.3) is 10.2 Å². The van der Waals surface area contributed by atoms with Crippen molar-refractivity contribution >= 4 is 27.4 Å². The van der Waals surface area contributed by atoms with E-state index in [1.807, 2.05) is 0 Å². The number of rotatable bonds is 10. The molecule has 0 spiro atoms. The highest BCUT2D eigenvalue weighted by atomic mass is 32.1. The largest absolute Gasteiger partial charge is 0.492 e. The molecule has 2 aromatic heterocycles. The molecule has 3 aromatic rings. The van der Waals surface area contributed by atoms with Gasteiger partial charge in [-0.25, -0.2) is 9.97 Å². The van der Waals surface area contributed by atoms with Crippen molar-refractivity contribution in [3.8, 4) is 5.75 Å². The minimum Gasteiger partial charge on any atom is -0.492 e. The second-order valence-electron chi connectivity index (χ2n) is 11.0. The Balaban J connectivity index is 1.09. The summed E-state index contributed by atoms with van der Waals surface area (Å²) in [6.07, 6.45) is 4.25. The van der Waals surface area contributed by atoms with E-state index in [0.29, 0.717) is 6.04 Å². The van der Waals surface area contributed by atoms with E-state index in [1.54, 1.807) is 11.3 Å². The molecule has 0 radical (unpaired) electrons. The number of fused-ring (bicyclic) bond motifs is 1. The van der Waals surface area contributed by atoms with E-state index in [-0.39, 0.29) is 0 Å². The van der Waals surface area contributed by atoms with Gasteiger partial charge in [-0.05, 0) is 63.4 Å². The molecule has 4 heterocycles. The number of aromatic nitrogens is 2. The first-order valence-electron chi connectivity index (χ1n) is 14.4. The number of anilines is 1. The van der Waals surface area contributed by atoms with E-state index in [0.717, 1.165) is 107 Å². The number of hydrogen-bond acceptors (Lipinski definition) is 8. The molecule has 0 aliphatic carbocycles. The van der Waals surface area contributed by atoms with Gasteiger partial charge in [0.25, 0.3) is 0 Å². The molecule has 7 nitrogen and oxygen atoms in total. The minimum absolute atomic E-state index is 0.453. The number of benzene rings is 1. The van der Waals surface area contributed by atoms with Gasteiger partial charge in [0.05, 0.1) is 5.39 Å². The SMILES string of the molecule is CCCc1nc(NC2CCN(Cc3ccc(OCCN4CCN(C)CC4)cc3)CC2)c2c(C)c(C)sc2n1. The fraction of sp³-hybridized carbons (Fsp3) is 0.600. The highest BCUT2D eigenvalue weighted by Gasteiger charge is 2.22. The molecule has 0 atom stereocenters. The lowest BCUT2D eigenvalue weighted by atomic mass is 10.0. The van der Waals surface area contributed by atoms with Crippen LogP contribution in [0.5, 0.6) is 5.75 Å². The minimum atomic E-state index is 0.453. The number of aryl methyl sites for hydroxylation is 3. The molecule has 0 unspecified atom stereocenters. The van der Waals surface area contributed by atoms with Crippen LogP contribution in [0, 0.1) is 13.8 Å². The first kappa shape index (κ1) is 27.3. The summed E-state index contributed by atoms with van der Waals surface area (Å²) in [5.74, 6) is 2.98. The van der Waals surface area contributed by atoms with Gasteiger partial charge in [-0.15, -0.1) is 11.3 Å². The molecule has 5 rings (SSSR count). The maximum atomic E-state index is 6.03. The van der Waals surface area contributed by atoms with Gasteiger partial charge < -0.3 is 15.0 Å². The van der Waals surface area contributed by atoms with Crippen LogP contribution in [0.3, 0.4) is 0 Å². The average molecular weight is 537 g/mol. The van der Waals surface area contributed by atoms with E-state index >= 15 is 0 Å². The quantitative estimate of drug-likeness (QED) is 0.393. The monoisotopic (exact) mass is 536 g/mol. The van der Waals surface area contributed by atoms with Crippen LogP contribution in [-0.4, -0.2) is 90.2 Å². The van der Waals surface area contributed by atoms with Crippen LogP contribution in [0.1, 0.15) is 48.0 Å². The van der Waals surface area contributed by atoms with E-state index < -0.39 is 0 Å². The zero-order valence-corrected chi connectivity index (χ0v) is 24.4. The Morgan fingerprint density at radius 1 is 0.974 bits per heavy atom. The summed E-state index contributed by atoms with van der Waals surface area (Å²) in [5.41, 5.74) is 2.67. The van der Waals surface area contributed by atoms with Crippen LogP contribution in [-0.2, 0) is 13.0 Å². The van der Waals surface area contributed by atoms with E-state index in [2.05, 4.69) is 72.1 Å². The van der Waals surface area contributed by atoms with E-state index in [1.165, 1.54) is 21.4 Å². The lowest BCUT2D eigenvalue weighted by molar-refractivity contribution is 0.133. The molecule has 1 N–H and O–H groups in total. The van der Waals surface area contributed by atoms with Gasteiger partial charge in [0.2, 0.25) is 0 Å². The predicted molar refractivity (Wildman–Crippen MR) is 159 cm³/mol. The number of nitrogens with zero attached hydrogens (tertiary/aromatic N) is 5. The van der Waals surface area contributed by atoms with Crippen LogP contribution in [0.4, 0.5) is 5.82 Å². The van der Waals surface area contributed by atoms with Crippen molar-refractivity contribution in [1.29, 1.82) is 0 Å². The molecular weight excluding hydrogens is 492 g/mol.